The van der Waals surface area contributed by atoms with E-state index in [-0.39, 0.29) is 32.3 Å². The van der Waals surface area contributed by atoms with Gasteiger partial charge in [-0.3, -0.25) is 14.4 Å². The highest BCUT2D eigenvalue weighted by atomic mass is 16.5. The molecule has 0 heterocycles. The maximum atomic E-state index is 12.0. The minimum Gasteiger partial charge on any atom is -0.449 e. The third-order valence-corrected chi connectivity index (χ3v) is 4.73. The van der Waals surface area contributed by atoms with E-state index >= 15 is 0 Å². The lowest BCUT2D eigenvalue weighted by atomic mass is 9.98. The quantitative estimate of drug-likeness (QED) is 0.433. The number of ether oxygens (including phenoxy) is 2. The van der Waals surface area contributed by atoms with Crippen molar-refractivity contribution >= 4 is 23.9 Å². The lowest BCUT2D eigenvalue weighted by Crippen LogP contribution is -2.42. The molecule has 3 N–H and O–H groups in total. The number of carbonyl (C=O) groups is 4. The molecule has 31 heavy (non-hydrogen) atoms. The van der Waals surface area contributed by atoms with Gasteiger partial charge in [-0.25, -0.2) is 4.79 Å². The maximum absolute atomic E-state index is 12.0. The van der Waals surface area contributed by atoms with Crippen LogP contribution in [0, 0.1) is 0 Å². The van der Waals surface area contributed by atoms with E-state index < -0.39 is 23.9 Å². The summed E-state index contributed by atoms with van der Waals surface area (Å²) in [6, 6.07) is 16.0. The number of hydrogen-bond donors (Lipinski definition) is 3. The van der Waals surface area contributed by atoms with E-state index in [1.54, 1.807) is 0 Å². The van der Waals surface area contributed by atoms with Gasteiger partial charge < -0.3 is 25.4 Å². The monoisotopic (exact) mass is 425 g/mol. The molecule has 0 atom stereocenters. The standard InChI is InChI=1S/C22H23N3O6/c1-14(26)31-13-25-21(28)10-23-20(27)11-24-22(29)30-12-19-17-8-4-2-6-15(17)16-7-3-5-9-18(16)19/h2-9,19H,10-13H2,1H3,(H,23,27)(H,24,29)(H,25,28). The maximum Gasteiger partial charge on any atom is 0.407 e. The number of benzene rings is 2. The highest BCUT2D eigenvalue weighted by Gasteiger charge is 2.29. The number of alkyl carbamates (subject to hydrolysis) is 1. The molecule has 0 aliphatic heterocycles. The summed E-state index contributed by atoms with van der Waals surface area (Å²) in [4.78, 5) is 45.9. The normalized spacial score (nSPS) is 11.6. The highest BCUT2D eigenvalue weighted by molar-refractivity contribution is 5.87. The van der Waals surface area contributed by atoms with E-state index in [4.69, 9.17) is 4.74 Å². The Kier molecular flexibility index (Phi) is 7.21. The van der Waals surface area contributed by atoms with Gasteiger partial charge in [0.05, 0.1) is 6.54 Å². The summed E-state index contributed by atoms with van der Waals surface area (Å²) in [5.74, 6) is -1.70. The van der Waals surface area contributed by atoms with Crippen molar-refractivity contribution in [1.82, 2.24) is 16.0 Å². The Morgan fingerprint density at radius 2 is 1.32 bits per heavy atom. The number of nitrogens with one attached hydrogen (secondary N) is 3. The molecular weight excluding hydrogens is 402 g/mol. The summed E-state index contributed by atoms with van der Waals surface area (Å²) in [7, 11) is 0. The molecule has 9 heteroatoms. The number of esters is 1. The number of hydrogen-bond acceptors (Lipinski definition) is 6. The number of fused-ring (bicyclic) bond motifs is 3. The first-order chi connectivity index (χ1) is 15.0. The second-order valence-electron chi connectivity index (χ2n) is 6.84. The van der Waals surface area contributed by atoms with Crippen LogP contribution in [0.15, 0.2) is 48.5 Å². The second-order valence-corrected chi connectivity index (χ2v) is 6.84. The Morgan fingerprint density at radius 3 is 1.94 bits per heavy atom. The fourth-order valence-electron chi connectivity index (χ4n) is 3.32. The molecule has 1 aliphatic carbocycles. The molecule has 0 spiro atoms. The van der Waals surface area contributed by atoms with Crippen molar-refractivity contribution in [3.63, 3.8) is 0 Å². The van der Waals surface area contributed by atoms with Gasteiger partial charge in [-0.15, -0.1) is 0 Å². The van der Waals surface area contributed by atoms with E-state index in [1.165, 1.54) is 6.92 Å². The molecular formula is C22H23N3O6. The van der Waals surface area contributed by atoms with Gasteiger partial charge >= 0.3 is 12.1 Å². The third kappa shape index (κ3) is 5.81. The summed E-state index contributed by atoms with van der Waals surface area (Å²) < 4.78 is 9.89. The molecule has 162 valence electrons. The summed E-state index contributed by atoms with van der Waals surface area (Å²) >= 11 is 0. The van der Waals surface area contributed by atoms with Crippen molar-refractivity contribution < 1.29 is 28.7 Å². The lowest BCUT2D eigenvalue weighted by Gasteiger charge is -2.14. The van der Waals surface area contributed by atoms with Crippen LogP contribution in [0.25, 0.3) is 11.1 Å². The Labute approximate surface area is 179 Å². The first-order valence-corrected chi connectivity index (χ1v) is 9.71. The Bertz CT molecular complexity index is 945. The van der Waals surface area contributed by atoms with E-state index in [2.05, 4.69) is 20.7 Å². The molecule has 1 aliphatic rings. The van der Waals surface area contributed by atoms with Crippen LogP contribution in [-0.2, 0) is 23.9 Å². The smallest absolute Gasteiger partial charge is 0.407 e. The average Bonchev–Trinajstić information content (AvgIpc) is 3.08. The number of carbonyl (C=O) groups excluding carboxylic acids is 4. The summed E-state index contributed by atoms with van der Waals surface area (Å²) in [6.07, 6.45) is -0.726. The first kappa shape index (κ1) is 21.8. The van der Waals surface area contributed by atoms with E-state index in [1.807, 2.05) is 48.5 Å². The van der Waals surface area contributed by atoms with Gasteiger partial charge in [-0.05, 0) is 22.3 Å². The summed E-state index contributed by atoms with van der Waals surface area (Å²) in [6.45, 7) is 0.422. The van der Waals surface area contributed by atoms with Crippen LogP contribution < -0.4 is 16.0 Å². The van der Waals surface area contributed by atoms with Gasteiger partial charge in [0.15, 0.2) is 6.73 Å². The molecule has 2 aromatic carbocycles. The highest BCUT2D eigenvalue weighted by Crippen LogP contribution is 2.44. The van der Waals surface area contributed by atoms with E-state index in [0.717, 1.165) is 22.3 Å². The topological polar surface area (TPSA) is 123 Å². The van der Waals surface area contributed by atoms with Crippen LogP contribution in [-0.4, -0.2) is 50.3 Å². The molecule has 0 radical (unpaired) electrons. The van der Waals surface area contributed by atoms with Crippen molar-refractivity contribution in [2.45, 2.75) is 12.8 Å². The van der Waals surface area contributed by atoms with Crippen LogP contribution in [0.4, 0.5) is 4.79 Å². The average molecular weight is 425 g/mol. The van der Waals surface area contributed by atoms with E-state index in [0.29, 0.717) is 0 Å². The Morgan fingerprint density at radius 1 is 0.774 bits per heavy atom. The fourth-order valence-corrected chi connectivity index (χ4v) is 3.32. The first-order valence-electron chi connectivity index (χ1n) is 9.71. The molecule has 0 fully saturated rings. The largest absolute Gasteiger partial charge is 0.449 e. The zero-order valence-electron chi connectivity index (χ0n) is 17.0. The van der Waals surface area contributed by atoms with Gasteiger partial charge in [-0.2, -0.15) is 0 Å². The van der Waals surface area contributed by atoms with Gasteiger partial charge in [0.1, 0.15) is 13.2 Å². The molecule has 3 amide bonds. The van der Waals surface area contributed by atoms with Crippen LogP contribution in [0.3, 0.4) is 0 Å². The van der Waals surface area contributed by atoms with Crippen molar-refractivity contribution in [3.05, 3.63) is 59.7 Å². The van der Waals surface area contributed by atoms with E-state index in [9.17, 15) is 19.2 Å². The molecule has 0 saturated carbocycles. The second kappa shape index (κ2) is 10.2. The fraction of sp³-hybridized carbons (Fsp3) is 0.273. The van der Waals surface area contributed by atoms with Gasteiger partial charge in [0.2, 0.25) is 11.8 Å². The van der Waals surface area contributed by atoms with Crippen LogP contribution in [0.2, 0.25) is 0 Å². The van der Waals surface area contributed by atoms with Crippen molar-refractivity contribution in [1.29, 1.82) is 0 Å². The molecule has 0 saturated heterocycles. The molecule has 0 bridgehead atoms. The zero-order chi connectivity index (χ0) is 22.2. The van der Waals surface area contributed by atoms with Crippen molar-refractivity contribution in [2.75, 3.05) is 26.4 Å². The molecule has 0 unspecified atom stereocenters. The minimum atomic E-state index is -0.726. The zero-order valence-corrected chi connectivity index (χ0v) is 17.0. The summed E-state index contributed by atoms with van der Waals surface area (Å²) in [5.41, 5.74) is 4.43. The predicted octanol–water partition coefficient (Wildman–Crippen LogP) is 1.28. The molecule has 3 rings (SSSR count). The van der Waals surface area contributed by atoms with Gasteiger partial charge in [0, 0.05) is 12.8 Å². The van der Waals surface area contributed by atoms with Gasteiger partial charge in [0.25, 0.3) is 0 Å². The minimum absolute atomic E-state index is 0.0760. The molecule has 9 nitrogen and oxygen atoms in total. The molecule has 2 aromatic rings. The third-order valence-electron chi connectivity index (χ3n) is 4.73. The Balaban J connectivity index is 1.41. The van der Waals surface area contributed by atoms with Crippen LogP contribution >= 0.6 is 0 Å². The summed E-state index contributed by atoms with van der Waals surface area (Å²) in [5, 5.41) is 6.99. The van der Waals surface area contributed by atoms with Gasteiger partial charge in [-0.1, -0.05) is 48.5 Å². The van der Waals surface area contributed by atoms with Crippen molar-refractivity contribution in [2.24, 2.45) is 0 Å². The van der Waals surface area contributed by atoms with Crippen LogP contribution in [0.1, 0.15) is 24.0 Å². The van der Waals surface area contributed by atoms with Crippen molar-refractivity contribution in [3.8, 4) is 11.1 Å². The SMILES string of the molecule is CC(=O)OCNC(=O)CNC(=O)CNC(=O)OCC1c2ccccc2-c2ccccc21. The van der Waals surface area contributed by atoms with Crippen LogP contribution in [0.5, 0.6) is 0 Å². The number of amides is 3. The number of rotatable bonds is 8. The predicted molar refractivity (Wildman–Crippen MR) is 111 cm³/mol. The molecule has 0 aromatic heterocycles. The lowest BCUT2D eigenvalue weighted by molar-refractivity contribution is -0.142. The Hall–Kier alpha value is -3.88.